The highest BCUT2D eigenvalue weighted by atomic mass is 16.6. The molecular formula is C11H11NO3. The second kappa shape index (κ2) is 4.50. The topological polar surface area (TPSA) is 60.2 Å². The number of benzene rings is 1. The molecule has 0 heterocycles. The molecule has 15 heavy (non-hydrogen) atoms. The number of carbonyl (C=O) groups is 1. The molecule has 0 saturated heterocycles. The molecule has 0 saturated carbocycles. The van der Waals surface area contributed by atoms with E-state index in [9.17, 15) is 14.9 Å². The van der Waals surface area contributed by atoms with Crippen LogP contribution in [0.15, 0.2) is 24.3 Å². The van der Waals surface area contributed by atoms with Crippen LogP contribution in [0.25, 0.3) is 6.08 Å². The second-order valence-corrected chi connectivity index (χ2v) is 3.26. The van der Waals surface area contributed by atoms with Crippen molar-refractivity contribution >= 4 is 17.5 Å². The summed E-state index contributed by atoms with van der Waals surface area (Å²) in [5.41, 5.74) is 1.29. The summed E-state index contributed by atoms with van der Waals surface area (Å²) in [6.45, 7) is 3.18. The number of hydrogen-bond donors (Lipinski definition) is 0. The summed E-state index contributed by atoms with van der Waals surface area (Å²) in [5, 5.41) is 10.7. The molecule has 1 aromatic rings. The van der Waals surface area contributed by atoms with Gasteiger partial charge in [-0.3, -0.25) is 14.9 Å². The van der Waals surface area contributed by atoms with Gasteiger partial charge in [0, 0.05) is 6.07 Å². The van der Waals surface area contributed by atoms with Crippen LogP contribution >= 0.6 is 0 Å². The molecule has 0 aliphatic carbocycles. The first-order chi connectivity index (χ1) is 7.00. The third-order valence-corrected chi connectivity index (χ3v) is 1.88. The van der Waals surface area contributed by atoms with E-state index in [1.807, 2.05) is 0 Å². The maximum absolute atomic E-state index is 10.7. The van der Waals surface area contributed by atoms with Crippen molar-refractivity contribution in [3.8, 4) is 0 Å². The number of hydrogen-bond acceptors (Lipinski definition) is 3. The third-order valence-electron chi connectivity index (χ3n) is 1.88. The molecule has 0 aliphatic rings. The van der Waals surface area contributed by atoms with Crippen molar-refractivity contribution in [1.82, 2.24) is 0 Å². The van der Waals surface area contributed by atoms with Gasteiger partial charge in [-0.2, -0.15) is 0 Å². The number of carbonyl (C=O) groups excluding carboxylic acids is 1. The molecule has 0 fully saturated rings. The van der Waals surface area contributed by atoms with Gasteiger partial charge < -0.3 is 0 Å². The molecule has 0 atom stereocenters. The molecule has 4 nitrogen and oxygen atoms in total. The molecular weight excluding hydrogens is 194 g/mol. The molecule has 1 aromatic carbocycles. The predicted molar refractivity (Wildman–Crippen MR) is 57.5 cm³/mol. The van der Waals surface area contributed by atoms with Crippen molar-refractivity contribution in [3.63, 3.8) is 0 Å². The van der Waals surface area contributed by atoms with Crippen LogP contribution in [0.2, 0.25) is 0 Å². The van der Waals surface area contributed by atoms with E-state index in [2.05, 4.69) is 0 Å². The number of nitrogens with zero attached hydrogens (tertiary/aromatic N) is 1. The average Bonchev–Trinajstić information content (AvgIpc) is 2.15. The lowest BCUT2D eigenvalue weighted by atomic mass is 10.1. The average molecular weight is 205 g/mol. The van der Waals surface area contributed by atoms with Crippen molar-refractivity contribution in [2.75, 3.05) is 0 Å². The normalized spacial score (nSPS) is 10.5. The lowest BCUT2D eigenvalue weighted by molar-refractivity contribution is -0.385. The Labute approximate surface area is 87.4 Å². The van der Waals surface area contributed by atoms with Crippen molar-refractivity contribution in [3.05, 3.63) is 45.5 Å². The molecule has 0 bridgehead atoms. The van der Waals surface area contributed by atoms with Gasteiger partial charge in [-0.25, -0.2) is 0 Å². The minimum atomic E-state index is -0.452. The summed E-state index contributed by atoms with van der Waals surface area (Å²) < 4.78 is 0. The molecule has 0 amide bonds. The molecule has 1 rings (SSSR count). The molecule has 0 unspecified atom stereocenters. The first-order valence-corrected chi connectivity index (χ1v) is 4.44. The largest absolute Gasteiger partial charge is 0.295 e. The zero-order chi connectivity index (χ0) is 11.4. The number of rotatable bonds is 3. The quantitative estimate of drug-likeness (QED) is 0.432. The molecule has 4 heteroatoms. The summed E-state index contributed by atoms with van der Waals surface area (Å²) in [6.07, 6.45) is 2.78. The third kappa shape index (κ3) is 3.02. The van der Waals surface area contributed by atoms with E-state index in [1.54, 1.807) is 19.1 Å². The highest BCUT2D eigenvalue weighted by molar-refractivity contribution is 5.92. The Bertz CT molecular complexity index is 435. The first-order valence-electron chi connectivity index (χ1n) is 4.44. The molecule has 78 valence electrons. The zero-order valence-electron chi connectivity index (χ0n) is 8.56. The van der Waals surface area contributed by atoms with Crippen molar-refractivity contribution in [2.45, 2.75) is 13.8 Å². The summed E-state index contributed by atoms with van der Waals surface area (Å²) in [6, 6.07) is 4.89. The van der Waals surface area contributed by atoms with Gasteiger partial charge in [-0.05, 0) is 37.6 Å². The van der Waals surface area contributed by atoms with Crippen LogP contribution in [0.3, 0.4) is 0 Å². The van der Waals surface area contributed by atoms with Crippen LogP contribution in [-0.2, 0) is 4.79 Å². The molecule has 0 radical (unpaired) electrons. The number of ketones is 1. The summed E-state index contributed by atoms with van der Waals surface area (Å²) in [4.78, 5) is 21.0. The SMILES string of the molecule is CC(=O)C=Cc1ccc(C)cc1[N+](=O)[O-]. The monoisotopic (exact) mass is 205 g/mol. The fourth-order valence-electron chi connectivity index (χ4n) is 1.16. The van der Waals surface area contributed by atoms with Gasteiger partial charge in [-0.1, -0.05) is 6.07 Å². The van der Waals surface area contributed by atoms with Gasteiger partial charge in [0.05, 0.1) is 10.5 Å². The van der Waals surface area contributed by atoms with Gasteiger partial charge in [0.25, 0.3) is 5.69 Å². The Balaban J connectivity index is 3.17. The lowest BCUT2D eigenvalue weighted by Crippen LogP contribution is -1.92. The van der Waals surface area contributed by atoms with Crippen LogP contribution in [0.5, 0.6) is 0 Å². The van der Waals surface area contributed by atoms with E-state index in [4.69, 9.17) is 0 Å². The number of allylic oxidation sites excluding steroid dienone is 1. The van der Waals surface area contributed by atoms with Gasteiger partial charge >= 0.3 is 0 Å². The molecule has 0 aliphatic heterocycles. The van der Waals surface area contributed by atoms with Crippen LogP contribution < -0.4 is 0 Å². The van der Waals surface area contributed by atoms with Crippen molar-refractivity contribution in [2.24, 2.45) is 0 Å². The maximum Gasteiger partial charge on any atom is 0.276 e. The lowest BCUT2D eigenvalue weighted by Gasteiger charge is -1.98. The Morgan fingerprint density at radius 1 is 1.47 bits per heavy atom. The minimum absolute atomic E-state index is 0.0208. The van der Waals surface area contributed by atoms with E-state index in [0.29, 0.717) is 5.56 Å². The van der Waals surface area contributed by atoms with E-state index >= 15 is 0 Å². The van der Waals surface area contributed by atoms with Crippen molar-refractivity contribution < 1.29 is 9.72 Å². The summed E-state index contributed by atoms with van der Waals surface area (Å²) in [7, 11) is 0. The Hall–Kier alpha value is -1.97. The summed E-state index contributed by atoms with van der Waals surface area (Å²) in [5.74, 6) is -0.134. The molecule has 0 aromatic heterocycles. The van der Waals surface area contributed by atoms with Gasteiger partial charge in [0.2, 0.25) is 0 Å². The first kappa shape index (κ1) is 11.1. The van der Waals surface area contributed by atoms with E-state index in [0.717, 1.165) is 5.56 Å². The van der Waals surface area contributed by atoms with Crippen LogP contribution in [-0.4, -0.2) is 10.7 Å². The van der Waals surface area contributed by atoms with Crippen LogP contribution in [0.4, 0.5) is 5.69 Å². The minimum Gasteiger partial charge on any atom is -0.295 e. The maximum atomic E-state index is 10.7. The summed E-state index contributed by atoms with van der Waals surface area (Å²) >= 11 is 0. The number of nitro benzene ring substituents is 1. The van der Waals surface area contributed by atoms with E-state index < -0.39 is 4.92 Å². The molecule has 0 N–H and O–H groups in total. The second-order valence-electron chi connectivity index (χ2n) is 3.26. The Morgan fingerprint density at radius 3 is 2.67 bits per heavy atom. The molecule has 0 spiro atoms. The smallest absolute Gasteiger partial charge is 0.276 e. The van der Waals surface area contributed by atoms with E-state index in [1.165, 1.54) is 25.1 Å². The van der Waals surface area contributed by atoms with Gasteiger partial charge in [0.15, 0.2) is 5.78 Å². The highest BCUT2D eigenvalue weighted by Gasteiger charge is 2.10. The Morgan fingerprint density at radius 2 is 2.13 bits per heavy atom. The predicted octanol–water partition coefficient (Wildman–Crippen LogP) is 2.51. The van der Waals surface area contributed by atoms with Crippen molar-refractivity contribution in [1.29, 1.82) is 0 Å². The number of nitro groups is 1. The van der Waals surface area contributed by atoms with Gasteiger partial charge in [-0.15, -0.1) is 0 Å². The van der Waals surface area contributed by atoms with E-state index in [-0.39, 0.29) is 11.5 Å². The van der Waals surface area contributed by atoms with Crippen LogP contribution in [0, 0.1) is 17.0 Å². The highest BCUT2D eigenvalue weighted by Crippen LogP contribution is 2.21. The number of aryl methyl sites for hydroxylation is 1. The fraction of sp³-hybridized carbons (Fsp3) is 0.182. The standard InChI is InChI=1S/C11H11NO3/c1-8-3-5-10(6-4-9(2)13)11(7-8)12(14)15/h3-7H,1-2H3. The fourth-order valence-corrected chi connectivity index (χ4v) is 1.16. The Kier molecular flexibility index (Phi) is 3.33. The zero-order valence-corrected chi connectivity index (χ0v) is 8.56. The van der Waals surface area contributed by atoms with Crippen LogP contribution in [0.1, 0.15) is 18.1 Å². The van der Waals surface area contributed by atoms with Gasteiger partial charge in [0.1, 0.15) is 0 Å².